The number of ether oxygens (including phenoxy) is 4. The van der Waals surface area contributed by atoms with Gasteiger partial charge in [0, 0.05) is 17.5 Å². The highest BCUT2D eigenvalue weighted by Crippen LogP contribution is 2.44. The predicted molar refractivity (Wildman–Crippen MR) is 143 cm³/mol. The third-order valence-corrected chi connectivity index (χ3v) is 6.34. The molecule has 8 heteroatoms. The van der Waals surface area contributed by atoms with Gasteiger partial charge in [-0.3, -0.25) is 0 Å². The number of benzene rings is 2. The monoisotopic (exact) mass is 516 g/mol. The van der Waals surface area contributed by atoms with E-state index in [9.17, 15) is 4.79 Å². The van der Waals surface area contributed by atoms with Crippen molar-refractivity contribution in [3.8, 4) is 34.1 Å². The van der Waals surface area contributed by atoms with E-state index in [4.69, 9.17) is 23.4 Å². The van der Waals surface area contributed by atoms with E-state index in [1.54, 1.807) is 7.11 Å². The van der Waals surface area contributed by atoms with Gasteiger partial charge in [-0.05, 0) is 51.3 Å². The van der Waals surface area contributed by atoms with Gasteiger partial charge in [0.2, 0.25) is 11.6 Å². The van der Waals surface area contributed by atoms with Crippen molar-refractivity contribution in [3.05, 3.63) is 60.9 Å². The Bertz CT molecular complexity index is 1390. The smallest absolute Gasteiger partial charge is 0.332 e. The SMILES string of the molecule is COc1ccc(-c2c(-c3ccccc3)oc3ncnc(O[C@H]4CC[C@@H](OCC(=O)OC(C)(C)C)C4)c23)cc1. The van der Waals surface area contributed by atoms with Crippen molar-refractivity contribution in [1.82, 2.24) is 9.97 Å². The van der Waals surface area contributed by atoms with Gasteiger partial charge in [-0.25, -0.2) is 14.8 Å². The standard InChI is InChI=1S/C30H32N2O6/c1-30(2,3)38-24(33)17-35-22-14-15-23(16-22)36-28-26-25(19-10-12-21(34-4)13-11-19)27(20-8-6-5-7-9-20)37-29(26)32-18-31-28/h5-13,18,22-23H,14-17H2,1-4H3/t22-,23+/m1/s1. The maximum Gasteiger partial charge on any atom is 0.332 e. The molecule has 0 saturated heterocycles. The molecule has 0 amide bonds. The highest BCUT2D eigenvalue weighted by atomic mass is 16.6. The van der Waals surface area contributed by atoms with Crippen molar-refractivity contribution in [3.63, 3.8) is 0 Å². The minimum atomic E-state index is -0.537. The normalized spacial score (nSPS) is 17.5. The van der Waals surface area contributed by atoms with E-state index in [2.05, 4.69) is 9.97 Å². The lowest BCUT2D eigenvalue weighted by molar-refractivity contribution is -0.162. The van der Waals surface area contributed by atoms with Gasteiger partial charge < -0.3 is 23.4 Å². The van der Waals surface area contributed by atoms with Gasteiger partial charge in [-0.1, -0.05) is 42.5 Å². The van der Waals surface area contributed by atoms with Crippen molar-refractivity contribution in [1.29, 1.82) is 0 Å². The van der Waals surface area contributed by atoms with Crippen molar-refractivity contribution < 1.29 is 28.2 Å². The third kappa shape index (κ3) is 5.81. The van der Waals surface area contributed by atoms with Crippen LogP contribution in [0.4, 0.5) is 0 Å². The number of nitrogens with zero attached hydrogens (tertiary/aromatic N) is 2. The first kappa shape index (κ1) is 25.7. The van der Waals surface area contributed by atoms with Crippen LogP contribution in [0.2, 0.25) is 0 Å². The highest BCUT2D eigenvalue weighted by Gasteiger charge is 2.30. The first-order chi connectivity index (χ1) is 18.3. The Hall–Kier alpha value is -3.91. The number of aromatic nitrogens is 2. The van der Waals surface area contributed by atoms with Crippen molar-refractivity contribution >= 4 is 17.1 Å². The average molecular weight is 517 g/mol. The van der Waals surface area contributed by atoms with E-state index in [0.717, 1.165) is 40.7 Å². The summed E-state index contributed by atoms with van der Waals surface area (Å²) in [5.41, 5.74) is 2.65. The molecular weight excluding hydrogens is 484 g/mol. The summed E-state index contributed by atoms with van der Waals surface area (Å²) in [6.45, 7) is 5.44. The second-order valence-electron chi connectivity index (χ2n) is 10.3. The van der Waals surface area contributed by atoms with E-state index in [1.165, 1.54) is 6.33 Å². The number of carbonyl (C=O) groups is 1. The Balaban J connectivity index is 1.42. The molecule has 198 valence electrons. The zero-order valence-corrected chi connectivity index (χ0v) is 22.1. The average Bonchev–Trinajstić information content (AvgIpc) is 3.52. The summed E-state index contributed by atoms with van der Waals surface area (Å²) >= 11 is 0. The molecule has 0 spiro atoms. The van der Waals surface area contributed by atoms with E-state index < -0.39 is 5.60 Å². The van der Waals surface area contributed by atoms with Crippen LogP contribution in [-0.4, -0.2) is 47.5 Å². The number of hydrogen-bond donors (Lipinski definition) is 0. The molecule has 0 aliphatic heterocycles. The van der Waals surface area contributed by atoms with Gasteiger partial charge in [0.25, 0.3) is 0 Å². The van der Waals surface area contributed by atoms with Crippen LogP contribution in [0.1, 0.15) is 40.0 Å². The molecule has 0 unspecified atom stereocenters. The lowest BCUT2D eigenvalue weighted by atomic mass is 9.99. The molecule has 1 aliphatic carbocycles. The van der Waals surface area contributed by atoms with Crippen LogP contribution in [0.25, 0.3) is 33.6 Å². The molecule has 2 heterocycles. The van der Waals surface area contributed by atoms with Crippen LogP contribution in [0, 0.1) is 0 Å². The third-order valence-electron chi connectivity index (χ3n) is 6.34. The molecule has 1 saturated carbocycles. The molecule has 2 aromatic heterocycles. The van der Waals surface area contributed by atoms with Gasteiger partial charge in [0.15, 0.2) is 0 Å². The fraction of sp³-hybridized carbons (Fsp3) is 0.367. The molecule has 38 heavy (non-hydrogen) atoms. The number of fused-ring (bicyclic) bond motifs is 1. The molecule has 0 bridgehead atoms. The summed E-state index contributed by atoms with van der Waals surface area (Å²) in [7, 11) is 1.64. The topological polar surface area (TPSA) is 92.9 Å². The maximum absolute atomic E-state index is 12.1. The predicted octanol–water partition coefficient (Wildman–Crippen LogP) is 6.22. The minimum absolute atomic E-state index is 0.0732. The lowest BCUT2D eigenvalue weighted by Gasteiger charge is -2.20. The molecule has 1 aliphatic rings. The molecule has 0 radical (unpaired) electrons. The quantitative estimate of drug-likeness (QED) is 0.255. The van der Waals surface area contributed by atoms with E-state index in [0.29, 0.717) is 23.8 Å². The number of carbonyl (C=O) groups excluding carboxylic acids is 1. The van der Waals surface area contributed by atoms with Gasteiger partial charge in [-0.2, -0.15) is 0 Å². The Kier molecular flexibility index (Phi) is 7.33. The summed E-state index contributed by atoms with van der Waals surface area (Å²) in [5, 5.41) is 0.717. The molecular formula is C30H32N2O6. The summed E-state index contributed by atoms with van der Waals surface area (Å²) in [6, 6.07) is 17.7. The summed E-state index contributed by atoms with van der Waals surface area (Å²) in [6.07, 6.45) is 3.47. The second kappa shape index (κ2) is 10.8. The van der Waals surface area contributed by atoms with Crippen LogP contribution in [0.3, 0.4) is 0 Å². The van der Waals surface area contributed by atoms with E-state index >= 15 is 0 Å². The Morgan fingerprint density at radius 1 is 0.974 bits per heavy atom. The van der Waals surface area contributed by atoms with Crippen LogP contribution < -0.4 is 9.47 Å². The zero-order valence-electron chi connectivity index (χ0n) is 22.1. The number of esters is 1. The molecule has 0 N–H and O–H groups in total. The molecule has 8 nitrogen and oxygen atoms in total. The van der Waals surface area contributed by atoms with Crippen LogP contribution in [-0.2, 0) is 14.3 Å². The number of methoxy groups -OCH3 is 1. The fourth-order valence-electron chi connectivity index (χ4n) is 4.70. The summed E-state index contributed by atoms with van der Waals surface area (Å²) in [4.78, 5) is 21.0. The Morgan fingerprint density at radius 3 is 2.42 bits per heavy atom. The summed E-state index contributed by atoms with van der Waals surface area (Å²) < 4.78 is 29.2. The second-order valence-corrected chi connectivity index (χ2v) is 10.3. The first-order valence-electron chi connectivity index (χ1n) is 12.8. The lowest BCUT2D eigenvalue weighted by Crippen LogP contribution is -2.28. The molecule has 4 aromatic rings. The van der Waals surface area contributed by atoms with Crippen molar-refractivity contribution in [2.24, 2.45) is 0 Å². The number of furan rings is 1. The number of rotatable bonds is 8. The maximum atomic E-state index is 12.1. The van der Waals surface area contributed by atoms with Gasteiger partial charge >= 0.3 is 5.97 Å². The van der Waals surface area contributed by atoms with Crippen LogP contribution in [0.5, 0.6) is 11.6 Å². The molecule has 5 rings (SSSR count). The Morgan fingerprint density at radius 2 is 1.71 bits per heavy atom. The number of hydrogen-bond acceptors (Lipinski definition) is 8. The molecule has 1 fully saturated rings. The van der Waals surface area contributed by atoms with Crippen LogP contribution in [0.15, 0.2) is 65.3 Å². The fourth-order valence-corrected chi connectivity index (χ4v) is 4.70. The van der Waals surface area contributed by atoms with Gasteiger partial charge in [0.05, 0.1) is 13.2 Å². The van der Waals surface area contributed by atoms with Crippen molar-refractivity contribution in [2.45, 2.75) is 57.8 Å². The highest BCUT2D eigenvalue weighted by molar-refractivity contribution is 6.03. The molecule has 2 aromatic carbocycles. The van der Waals surface area contributed by atoms with Gasteiger partial charge in [-0.15, -0.1) is 0 Å². The van der Waals surface area contributed by atoms with E-state index in [-0.39, 0.29) is 24.8 Å². The Labute approximate surface area is 221 Å². The largest absolute Gasteiger partial charge is 0.497 e. The molecule has 2 atom stereocenters. The van der Waals surface area contributed by atoms with Gasteiger partial charge in [0.1, 0.15) is 41.5 Å². The van der Waals surface area contributed by atoms with Crippen LogP contribution >= 0.6 is 0 Å². The summed E-state index contributed by atoms with van der Waals surface area (Å²) in [5.74, 6) is 1.56. The van der Waals surface area contributed by atoms with Crippen molar-refractivity contribution in [2.75, 3.05) is 13.7 Å². The minimum Gasteiger partial charge on any atom is -0.497 e. The first-order valence-corrected chi connectivity index (χ1v) is 12.8. The van der Waals surface area contributed by atoms with E-state index in [1.807, 2.05) is 75.4 Å². The zero-order chi connectivity index (χ0) is 26.7.